The van der Waals surface area contributed by atoms with Crippen LogP contribution in [0.4, 0.5) is 11.4 Å². The van der Waals surface area contributed by atoms with E-state index < -0.39 is 0 Å². The van der Waals surface area contributed by atoms with Gasteiger partial charge in [-0.1, -0.05) is 6.07 Å². The van der Waals surface area contributed by atoms with E-state index in [2.05, 4.69) is 5.32 Å². The predicted molar refractivity (Wildman–Crippen MR) is 79.3 cm³/mol. The zero-order valence-corrected chi connectivity index (χ0v) is 11.7. The molecule has 0 saturated heterocycles. The Morgan fingerprint density at radius 2 is 2.15 bits per heavy atom. The molecule has 0 bridgehead atoms. The summed E-state index contributed by atoms with van der Waals surface area (Å²) in [5, 5.41) is 2.87. The molecule has 0 fully saturated rings. The fourth-order valence-corrected chi connectivity index (χ4v) is 1.95. The monoisotopic (exact) mass is 273 g/mol. The summed E-state index contributed by atoms with van der Waals surface area (Å²) in [4.78, 5) is 13.9. The van der Waals surface area contributed by atoms with E-state index in [0.717, 1.165) is 17.0 Å². The molecule has 1 aromatic carbocycles. The van der Waals surface area contributed by atoms with Crippen LogP contribution >= 0.6 is 0 Å². The molecule has 0 radical (unpaired) electrons. The molecule has 0 aliphatic rings. The number of nitrogen functional groups attached to an aromatic ring is 1. The quantitative estimate of drug-likeness (QED) is 0.820. The number of carbonyl (C=O) groups excluding carboxylic acids is 1. The van der Waals surface area contributed by atoms with E-state index in [-0.39, 0.29) is 12.5 Å². The minimum atomic E-state index is -0.0762. The number of furan rings is 1. The van der Waals surface area contributed by atoms with Gasteiger partial charge in [0.25, 0.3) is 0 Å². The molecule has 2 rings (SSSR count). The Balaban J connectivity index is 1.90. The molecular weight excluding hydrogens is 254 g/mol. The molecule has 0 spiro atoms. The molecule has 0 saturated carbocycles. The summed E-state index contributed by atoms with van der Waals surface area (Å²) in [6.45, 7) is 2.77. The van der Waals surface area contributed by atoms with Crippen LogP contribution in [0.2, 0.25) is 0 Å². The Labute approximate surface area is 118 Å². The number of hydrogen-bond donors (Lipinski definition) is 2. The van der Waals surface area contributed by atoms with Crippen LogP contribution in [0.5, 0.6) is 0 Å². The number of hydrogen-bond acceptors (Lipinski definition) is 4. The first-order valence-corrected chi connectivity index (χ1v) is 6.42. The summed E-state index contributed by atoms with van der Waals surface area (Å²) in [7, 11) is 1.87. The lowest BCUT2D eigenvalue weighted by molar-refractivity contribution is -0.117. The maximum Gasteiger partial charge on any atom is 0.238 e. The molecule has 3 N–H and O–H groups in total. The van der Waals surface area contributed by atoms with Crippen molar-refractivity contribution in [3.05, 3.63) is 47.9 Å². The number of nitrogens with zero attached hydrogens (tertiary/aromatic N) is 1. The summed E-state index contributed by atoms with van der Waals surface area (Å²) in [5.74, 6) is 0.758. The third-order valence-corrected chi connectivity index (χ3v) is 3.07. The Morgan fingerprint density at radius 3 is 2.85 bits per heavy atom. The first kappa shape index (κ1) is 14.1. The fourth-order valence-electron chi connectivity index (χ4n) is 1.95. The van der Waals surface area contributed by atoms with Gasteiger partial charge in [-0.3, -0.25) is 9.69 Å². The molecule has 0 atom stereocenters. The van der Waals surface area contributed by atoms with Gasteiger partial charge >= 0.3 is 0 Å². The van der Waals surface area contributed by atoms with Gasteiger partial charge in [0, 0.05) is 11.4 Å². The standard InChI is InChI=1S/C15H19N3O2/c1-11-13(16)6-3-7-14(11)17-15(19)10-18(2)9-12-5-4-8-20-12/h3-8H,9-10,16H2,1-2H3,(H,17,19). The van der Waals surface area contributed by atoms with Crippen LogP contribution in [-0.4, -0.2) is 24.4 Å². The number of amides is 1. The molecule has 1 heterocycles. The molecule has 2 aromatic rings. The van der Waals surface area contributed by atoms with Gasteiger partial charge in [-0.25, -0.2) is 0 Å². The lowest BCUT2D eigenvalue weighted by Crippen LogP contribution is -2.29. The number of nitrogens with two attached hydrogens (primary N) is 1. The average Bonchev–Trinajstić information content (AvgIpc) is 2.87. The van der Waals surface area contributed by atoms with Crippen LogP contribution in [0.15, 0.2) is 41.0 Å². The topological polar surface area (TPSA) is 71.5 Å². The Bertz CT molecular complexity index is 579. The van der Waals surface area contributed by atoms with Gasteiger partial charge in [-0.05, 0) is 43.8 Å². The Hall–Kier alpha value is -2.27. The van der Waals surface area contributed by atoms with Crippen LogP contribution in [0, 0.1) is 6.92 Å². The molecule has 0 aliphatic carbocycles. The Morgan fingerprint density at radius 1 is 1.35 bits per heavy atom. The highest BCUT2D eigenvalue weighted by molar-refractivity contribution is 5.93. The minimum Gasteiger partial charge on any atom is -0.468 e. The number of rotatable bonds is 5. The van der Waals surface area contributed by atoms with Gasteiger partial charge in [-0.15, -0.1) is 0 Å². The van der Waals surface area contributed by atoms with Gasteiger partial charge in [0.15, 0.2) is 0 Å². The van der Waals surface area contributed by atoms with Crippen LogP contribution in [0.25, 0.3) is 0 Å². The zero-order valence-electron chi connectivity index (χ0n) is 11.7. The predicted octanol–water partition coefficient (Wildman–Crippen LogP) is 2.24. The lowest BCUT2D eigenvalue weighted by atomic mass is 10.1. The van der Waals surface area contributed by atoms with Crippen LogP contribution in [0.3, 0.4) is 0 Å². The molecule has 0 aliphatic heterocycles. The normalized spacial score (nSPS) is 10.8. The van der Waals surface area contributed by atoms with Crippen LogP contribution in [0.1, 0.15) is 11.3 Å². The smallest absolute Gasteiger partial charge is 0.238 e. The molecule has 20 heavy (non-hydrogen) atoms. The largest absolute Gasteiger partial charge is 0.468 e. The van der Waals surface area contributed by atoms with Gasteiger partial charge in [-0.2, -0.15) is 0 Å². The Kier molecular flexibility index (Phi) is 4.42. The van der Waals surface area contributed by atoms with Crippen LogP contribution in [-0.2, 0) is 11.3 Å². The van der Waals surface area contributed by atoms with Crippen molar-refractivity contribution in [1.82, 2.24) is 4.90 Å². The molecule has 1 aromatic heterocycles. The van der Waals surface area contributed by atoms with E-state index in [0.29, 0.717) is 12.2 Å². The summed E-state index contributed by atoms with van der Waals surface area (Å²) < 4.78 is 5.25. The number of carbonyl (C=O) groups is 1. The lowest BCUT2D eigenvalue weighted by Gasteiger charge is -2.16. The van der Waals surface area contributed by atoms with E-state index >= 15 is 0 Å². The summed E-state index contributed by atoms with van der Waals surface area (Å²) in [5.41, 5.74) is 8.12. The number of benzene rings is 1. The van der Waals surface area contributed by atoms with Crippen molar-refractivity contribution in [1.29, 1.82) is 0 Å². The second kappa shape index (κ2) is 6.25. The zero-order chi connectivity index (χ0) is 14.5. The number of anilines is 2. The maximum atomic E-state index is 12.0. The SMILES string of the molecule is Cc1c(N)cccc1NC(=O)CN(C)Cc1ccco1. The van der Waals surface area contributed by atoms with E-state index in [9.17, 15) is 4.79 Å². The molecule has 1 amide bonds. The van der Waals surface area contributed by atoms with Gasteiger partial charge in [0.05, 0.1) is 19.4 Å². The second-order valence-corrected chi connectivity index (χ2v) is 4.82. The third-order valence-electron chi connectivity index (χ3n) is 3.07. The van der Waals surface area contributed by atoms with E-state index in [1.54, 1.807) is 6.26 Å². The molecule has 106 valence electrons. The average molecular weight is 273 g/mol. The van der Waals surface area contributed by atoms with Crippen molar-refractivity contribution in [2.75, 3.05) is 24.6 Å². The first-order chi connectivity index (χ1) is 9.56. The van der Waals surface area contributed by atoms with Crippen molar-refractivity contribution in [3.8, 4) is 0 Å². The summed E-state index contributed by atoms with van der Waals surface area (Å²) in [6.07, 6.45) is 1.62. The van der Waals surface area contributed by atoms with Gasteiger partial charge < -0.3 is 15.5 Å². The minimum absolute atomic E-state index is 0.0762. The maximum absolute atomic E-state index is 12.0. The van der Waals surface area contributed by atoms with Crippen molar-refractivity contribution in [2.24, 2.45) is 0 Å². The summed E-state index contributed by atoms with van der Waals surface area (Å²) in [6, 6.07) is 9.20. The van der Waals surface area contributed by atoms with Crippen molar-refractivity contribution in [3.63, 3.8) is 0 Å². The van der Waals surface area contributed by atoms with Crippen molar-refractivity contribution < 1.29 is 9.21 Å². The third kappa shape index (κ3) is 3.61. The van der Waals surface area contributed by atoms with Gasteiger partial charge in [0.1, 0.15) is 5.76 Å². The van der Waals surface area contributed by atoms with E-state index in [1.165, 1.54) is 0 Å². The molecule has 5 nitrogen and oxygen atoms in total. The van der Waals surface area contributed by atoms with Crippen LogP contribution < -0.4 is 11.1 Å². The second-order valence-electron chi connectivity index (χ2n) is 4.82. The van der Waals surface area contributed by atoms with E-state index in [4.69, 9.17) is 10.2 Å². The van der Waals surface area contributed by atoms with Gasteiger partial charge in [0.2, 0.25) is 5.91 Å². The van der Waals surface area contributed by atoms with Crippen molar-refractivity contribution in [2.45, 2.75) is 13.5 Å². The van der Waals surface area contributed by atoms with E-state index in [1.807, 2.05) is 49.2 Å². The first-order valence-electron chi connectivity index (χ1n) is 6.42. The summed E-state index contributed by atoms with van der Waals surface area (Å²) >= 11 is 0. The highest BCUT2D eigenvalue weighted by Gasteiger charge is 2.10. The molecular formula is C15H19N3O2. The molecule has 5 heteroatoms. The number of nitrogens with one attached hydrogen (secondary N) is 1. The fraction of sp³-hybridized carbons (Fsp3) is 0.267. The molecule has 0 unspecified atom stereocenters. The highest BCUT2D eigenvalue weighted by atomic mass is 16.3. The highest BCUT2D eigenvalue weighted by Crippen LogP contribution is 2.20. The van der Waals surface area contributed by atoms with Crippen molar-refractivity contribution >= 4 is 17.3 Å². The number of likely N-dealkylation sites (N-methyl/N-ethyl adjacent to an activating group) is 1.